The van der Waals surface area contributed by atoms with Gasteiger partial charge in [-0.05, 0) is 24.8 Å². The van der Waals surface area contributed by atoms with Crippen LogP contribution in [-0.4, -0.2) is 22.9 Å². The number of halogens is 1. The van der Waals surface area contributed by atoms with Crippen molar-refractivity contribution >= 4 is 17.7 Å². The lowest BCUT2D eigenvalue weighted by atomic mass is 10.0. The fourth-order valence-corrected chi connectivity index (χ4v) is 4.43. The van der Waals surface area contributed by atoms with Gasteiger partial charge in [0, 0.05) is 16.5 Å². The lowest BCUT2D eigenvalue weighted by Gasteiger charge is -2.28. The molecule has 1 N–H and O–H groups in total. The van der Waals surface area contributed by atoms with Gasteiger partial charge in [0.25, 0.3) is 0 Å². The first kappa shape index (κ1) is 24.2. The van der Waals surface area contributed by atoms with Crippen LogP contribution in [-0.2, 0) is 12.3 Å². The summed E-state index contributed by atoms with van der Waals surface area (Å²) in [5, 5.41) is 11.7. The Morgan fingerprint density at radius 2 is 1.72 bits per heavy atom. The van der Waals surface area contributed by atoms with Crippen LogP contribution in [0, 0.1) is 0 Å². The molecule has 1 aliphatic heterocycles. The third-order valence-corrected chi connectivity index (χ3v) is 6.41. The molecule has 0 amide bonds. The number of rotatable bonds is 11. The van der Waals surface area contributed by atoms with Crippen LogP contribution in [0.25, 0.3) is 0 Å². The van der Waals surface area contributed by atoms with Gasteiger partial charge in [-0.1, -0.05) is 69.0 Å². The minimum Gasteiger partial charge on any atom is -1.00 e. The molecule has 1 atom stereocenters. The van der Waals surface area contributed by atoms with Crippen LogP contribution in [0.4, 0.5) is 5.95 Å². The van der Waals surface area contributed by atoms with Crippen LogP contribution in [0.3, 0.4) is 0 Å². The molecule has 0 aliphatic carbocycles. The number of anilines is 1. The summed E-state index contributed by atoms with van der Waals surface area (Å²) < 4.78 is 2.06. The number of unbranched alkanes of at least 4 members (excludes halogenated alkanes) is 7. The Labute approximate surface area is 190 Å². The first-order chi connectivity index (χ1) is 13.7. The number of aromatic nitrogens is 2. The highest BCUT2D eigenvalue weighted by atomic mass is 79.9. The van der Waals surface area contributed by atoms with Crippen molar-refractivity contribution < 1.29 is 26.7 Å². The van der Waals surface area contributed by atoms with E-state index in [9.17, 15) is 5.11 Å². The molecule has 1 aromatic heterocycles. The molecule has 2 heterocycles. The molecule has 0 bridgehead atoms. The maximum atomic E-state index is 11.7. The smallest absolute Gasteiger partial charge is 0.396 e. The number of nitrogens with zero attached hydrogens (tertiary/aromatic N) is 3. The third-order valence-electron chi connectivity index (χ3n) is 5.67. The van der Waals surface area contributed by atoms with Gasteiger partial charge in [-0.3, -0.25) is 0 Å². The Bertz CT molecular complexity index is 743. The molecule has 0 fully saturated rings. The van der Waals surface area contributed by atoms with E-state index in [-0.39, 0.29) is 17.0 Å². The largest absolute Gasteiger partial charge is 1.00 e. The van der Waals surface area contributed by atoms with Crippen LogP contribution < -0.4 is 26.4 Å². The average molecular weight is 481 g/mol. The number of benzene rings is 1. The van der Waals surface area contributed by atoms with Crippen LogP contribution in [0.5, 0.6) is 0 Å². The molecule has 6 heteroatoms. The summed E-state index contributed by atoms with van der Waals surface area (Å²) >= 11 is 1.72. The molecule has 160 valence electrons. The molecule has 1 aromatic carbocycles. The molecule has 0 saturated heterocycles. The van der Waals surface area contributed by atoms with Gasteiger partial charge in [0.2, 0.25) is 5.72 Å². The van der Waals surface area contributed by atoms with Gasteiger partial charge in [-0.2, -0.15) is 0 Å². The predicted octanol–water partition coefficient (Wildman–Crippen LogP) is 1.90. The highest BCUT2D eigenvalue weighted by Gasteiger charge is 2.51. The summed E-state index contributed by atoms with van der Waals surface area (Å²) in [6.07, 6.45) is 16.2. The average Bonchev–Trinajstić information content (AvgIpc) is 3.02. The Morgan fingerprint density at radius 1 is 1.07 bits per heavy atom. The summed E-state index contributed by atoms with van der Waals surface area (Å²) in [6.45, 7) is 3.61. The highest BCUT2D eigenvalue weighted by Crippen LogP contribution is 2.34. The summed E-state index contributed by atoms with van der Waals surface area (Å²) in [7, 11) is 0. The van der Waals surface area contributed by atoms with E-state index in [1.807, 2.05) is 18.5 Å². The topological polar surface area (TPSA) is 40.2 Å². The van der Waals surface area contributed by atoms with Crippen molar-refractivity contribution in [3.8, 4) is 0 Å². The zero-order chi connectivity index (χ0) is 19.8. The molecular weight excluding hydrogens is 446 g/mol. The zero-order valence-electron chi connectivity index (χ0n) is 17.7. The normalized spacial score (nSPS) is 17.8. The molecule has 4 nitrogen and oxygen atoms in total. The molecule has 0 saturated carbocycles. The molecule has 1 aliphatic rings. The van der Waals surface area contributed by atoms with Crippen molar-refractivity contribution in [1.29, 1.82) is 0 Å². The lowest BCUT2D eigenvalue weighted by Crippen LogP contribution is -3.00. The van der Waals surface area contributed by atoms with Crippen molar-refractivity contribution in [3.63, 3.8) is 0 Å². The van der Waals surface area contributed by atoms with Crippen molar-refractivity contribution in [3.05, 3.63) is 48.3 Å². The first-order valence-electron chi connectivity index (χ1n) is 10.7. The molecule has 0 radical (unpaired) electrons. The minimum atomic E-state index is -1.03. The van der Waals surface area contributed by atoms with E-state index in [0.29, 0.717) is 6.54 Å². The summed E-state index contributed by atoms with van der Waals surface area (Å²) in [4.78, 5) is 7.88. The zero-order valence-corrected chi connectivity index (χ0v) is 20.1. The van der Waals surface area contributed by atoms with Gasteiger partial charge in [-0.15, -0.1) is 11.8 Å². The Morgan fingerprint density at radius 3 is 2.38 bits per heavy atom. The number of aliphatic hydroxyl groups is 1. The minimum absolute atomic E-state index is 0. The second-order valence-corrected chi connectivity index (χ2v) is 8.60. The number of hydrogen-bond acceptors (Lipinski definition) is 4. The Kier molecular flexibility index (Phi) is 9.93. The quantitative estimate of drug-likeness (QED) is 0.303. The van der Waals surface area contributed by atoms with Crippen LogP contribution in [0.15, 0.2) is 47.6 Å². The highest BCUT2D eigenvalue weighted by molar-refractivity contribution is 7.98. The van der Waals surface area contributed by atoms with E-state index < -0.39 is 5.72 Å². The fourth-order valence-electron chi connectivity index (χ4n) is 4.02. The summed E-state index contributed by atoms with van der Waals surface area (Å²) in [6, 6.07) is 10.2. The van der Waals surface area contributed by atoms with Gasteiger partial charge in [0.15, 0.2) is 0 Å². The number of hydrogen-bond donors (Lipinski definition) is 1. The van der Waals surface area contributed by atoms with E-state index in [2.05, 4.69) is 51.9 Å². The van der Waals surface area contributed by atoms with Crippen LogP contribution in [0.2, 0.25) is 0 Å². The van der Waals surface area contributed by atoms with E-state index in [1.54, 1.807) is 11.8 Å². The first-order valence-corrected chi connectivity index (χ1v) is 11.9. The second kappa shape index (κ2) is 11.9. The number of thioether (sulfide) groups is 1. The van der Waals surface area contributed by atoms with Gasteiger partial charge < -0.3 is 22.1 Å². The van der Waals surface area contributed by atoms with Crippen molar-refractivity contribution in [2.45, 2.75) is 75.5 Å². The van der Waals surface area contributed by atoms with E-state index in [4.69, 9.17) is 0 Å². The van der Waals surface area contributed by atoms with Gasteiger partial charge in [0.1, 0.15) is 12.7 Å². The SMILES string of the molecule is CCCCCCCCCCN1c2nccc[n+]2CC1(O)c1ccc(SC)cc1.[Br-]. The van der Waals surface area contributed by atoms with E-state index in [1.165, 1.54) is 49.8 Å². The molecular formula is C23H34BrN3OS. The molecule has 2 aromatic rings. The number of fused-ring (bicyclic) bond motifs is 1. The van der Waals surface area contributed by atoms with Gasteiger partial charge >= 0.3 is 5.95 Å². The van der Waals surface area contributed by atoms with E-state index in [0.717, 1.165) is 24.5 Å². The molecule has 3 rings (SSSR count). The van der Waals surface area contributed by atoms with Crippen molar-refractivity contribution in [2.75, 3.05) is 17.7 Å². The predicted molar refractivity (Wildman–Crippen MR) is 117 cm³/mol. The van der Waals surface area contributed by atoms with Crippen LogP contribution in [0.1, 0.15) is 63.9 Å². The molecule has 1 unspecified atom stereocenters. The molecule has 0 spiro atoms. The fraction of sp³-hybridized carbons (Fsp3) is 0.565. The summed E-state index contributed by atoms with van der Waals surface area (Å²) in [5.74, 6) is 0.863. The van der Waals surface area contributed by atoms with Crippen molar-refractivity contribution in [1.82, 2.24) is 4.98 Å². The van der Waals surface area contributed by atoms with Crippen LogP contribution >= 0.6 is 11.8 Å². The maximum Gasteiger partial charge on any atom is 0.396 e. The monoisotopic (exact) mass is 479 g/mol. The summed E-state index contributed by atoms with van der Waals surface area (Å²) in [5.41, 5.74) is -0.0882. The Balaban J connectivity index is 0.00000300. The van der Waals surface area contributed by atoms with E-state index >= 15 is 0 Å². The lowest BCUT2D eigenvalue weighted by molar-refractivity contribution is -0.685. The van der Waals surface area contributed by atoms with Gasteiger partial charge in [0.05, 0.1) is 12.7 Å². The van der Waals surface area contributed by atoms with Gasteiger partial charge in [-0.25, -0.2) is 9.47 Å². The third kappa shape index (κ3) is 5.96. The maximum absolute atomic E-state index is 11.7. The van der Waals surface area contributed by atoms with Crippen molar-refractivity contribution in [2.24, 2.45) is 0 Å². The standard InChI is InChI=1S/C23H34N3OS.BrH/c1-3-4-5-6-7-8-9-10-18-26-22-24-16-11-17-25(22)19-23(26,27)20-12-14-21(28-2)15-13-20;/h11-17,27H,3-10,18-19H2,1-2H3;1H/q+1;/p-1. The second-order valence-electron chi connectivity index (χ2n) is 7.72. The molecule has 29 heavy (non-hydrogen) atoms. The Hall–Kier alpha value is -1.11.